The number of carboxylic acid groups (broad SMARTS) is 1. The number of thioether (sulfide) groups is 2. The number of hydrogen-bond acceptors (Lipinski definition) is 9. The van der Waals surface area contributed by atoms with Gasteiger partial charge in [-0.3, -0.25) is 14.4 Å². The molecule has 0 aliphatic carbocycles. The predicted molar refractivity (Wildman–Crippen MR) is 106 cm³/mol. The van der Waals surface area contributed by atoms with E-state index in [1.807, 2.05) is 0 Å². The molecule has 1 atom stereocenters. The highest BCUT2D eigenvalue weighted by Crippen LogP contribution is 2.28. The Hall–Kier alpha value is -1.75. The average Bonchev–Trinajstić information content (AvgIpc) is 2.57. The molecule has 0 spiro atoms. The lowest BCUT2D eigenvalue weighted by Crippen LogP contribution is -2.50. The fraction of sp³-hybridized carbons (Fsp3) is 0.706. The molecule has 0 saturated carbocycles. The molecule has 0 heterocycles. The largest absolute Gasteiger partial charge is 0.480 e. The molecule has 0 rings (SSSR count). The Kier molecular flexibility index (Phi) is 11.2. The van der Waals surface area contributed by atoms with Crippen molar-refractivity contribution in [1.29, 1.82) is 0 Å². The zero-order valence-electron chi connectivity index (χ0n) is 16.8. The van der Waals surface area contributed by atoms with Crippen LogP contribution in [0.3, 0.4) is 0 Å². The van der Waals surface area contributed by atoms with Crippen molar-refractivity contribution in [2.45, 2.75) is 52.3 Å². The van der Waals surface area contributed by atoms with E-state index in [2.05, 4.69) is 14.8 Å². The predicted octanol–water partition coefficient (Wildman–Crippen LogP) is 2.28. The first-order valence-electron chi connectivity index (χ1n) is 8.50. The topological polar surface area (TPSA) is 136 Å². The van der Waals surface area contributed by atoms with Crippen molar-refractivity contribution in [1.82, 2.24) is 5.32 Å². The molecular formula is C17H27NO8S2. The van der Waals surface area contributed by atoms with E-state index in [1.54, 1.807) is 27.7 Å². The number of esters is 1. The molecule has 0 radical (unpaired) electrons. The van der Waals surface area contributed by atoms with Crippen LogP contribution in [-0.2, 0) is 28.7 Å². The molecule has 0 saturated heterocycles. The minimum atomic E-state index is -1.36. The normalized spacial score (nSPS) is 12.4. The van der Waals surface area contributed by atoms with E-state index in [-0.39, 0.29) is 22.7 Å². The Labute approximate surface area is 172 Å². The second-order valence-electron chi connectivity index (χ2n) is 6.89. The van der Waals surface area contributed by atoms with Crippen LogP contribution >= 0.6 is 23.5 Å². The van der Waals surface area contributed by atoms with Crippen LogP contribution in [0.4, 0.5) is 4.79 Å². The zero-order valence-corrected chi connectivity index (χ0v) is 18.4. The molecule has 0 unspecified atom stereocenters. The van der Waals surface area contributed by atoms with Crippen molar-refractivity contribution in [3.63, 3.8) is 0 Å². The van der Waals surface area contributed by atoms with E-state index in [0.29, 0.717) is 11.8 Å². The summed E-state index contributed by atoms with van der Waals surface area (Å²) in [6, 6.07) is -1.36. The molecule has 1 amide bonds. The van der Waals surface area contributed by atoms with Gasteiger partial charge in [-0.1, -0.05) is 39.5 Å². The minimum absolute atomic E-state index is 0.194. The summed E-state index contributed by atoms with van der Waals surface area (Å²) in [6.07, 6.45) is 0. The van der Waals surface area contributed by atoms with Crippen molar-refractivity contribution in [3.05, 3.63) is 0 Å². The van der Waals surface area contributed by atoms with Crippen LogP contribution in [0, 0.1) is 11.8 Å². The summed E-state index contributed by atoms with van der Waals surface area (Å²) in [6.45, 7) is 9.08. The summed E-state index contributed by atoms with van der Waals surface area (Å²) < 4.78 is 8.17. The maximum atomic E-state index is 12.4. The highest BCUT2D eigenvalue weighted by Gasteiger charge is 2.35. The molecular weight excluding hydrogens is 410 g/mol. The van der Waals surface area contributed by atoms with Gasteiger partial charge in [0.2, 0.25) is 12.7 Å². The van der Waals surface area contributed by atoms with Crippen LogP contribution in [0.1, 0.15) is 41.5 Å². The van der Waals surface area contributed by atoms with Crippen molar-refractivity contribution in [2.24, 2.45) is 11.8 Å². The molecule has 28 heavy (non-hydrogen) atoms. The van der Waals surface area contributed by atoms with E-state index < -0.39 is 40.7 Å². The van der Waals surface area contributed by atoms with Gasteiger partial charge in [-0.15, -0.1) is 0 Å². The molecule has 0 aliphatic heterocycles. The molecule has 0 fully saturated rings. The van der Waals surface area contributed by atoms with Gasteiger partial charge < -0.3 is 19.9 Å². The number of hydrogen-bond donors (Lipinski definition) is 2. The molecule has 11 heteroatoms. The first-order chi connectivity index (χ1) is 12.8. The van der Waals surface area contributed by atoms with Crippen LogP contribution in [-0.4, -0.2) is 56.7 Å². The van der Waals surface area contributed by atoms with E-state index in [0.717, 1.165) is 11.8 Å². The third-order valence-corrected chi connectivity index (χ3v) is 5.42. The van der Waals surface area contributed by atoms with Gasteiger partial charge in [0.1, 0.15) is 6.04 Å². The van der Waals surface area contributed by atoms with E-state index in [1.165, 1.54) is 13.8 Å². The van der Waals surface area contributed by atoms with Crippen molar-refractivity contribution < 1.29 is 38.6 Å². The van der Waals surface area contributed by atoms with Crippen LogP contribution in [0.25, 0.3) is 0 Å². The van der Waals surface area contributed by atoms with Crippen molar-refractivity contribution in [2.75, 3.05) is 12.5 Å². The lowest BCUT2D eigenvalue weighted by molar-refractivity contribution is -0.155. The second-order valence-corrected chi connectivity index (χ2v) is 9.47. The van der Waals surface area contributed by atoms with Crippen LogP contribution in [0.15, 0.2) is 0 Å². The summed E-state index contributed by atoms with van der Waals surface area (Å²) in [7, 11) is 0. The average molecular weight is 438 g/mol. The summed E-state index contributed by atoms with van der Waals surface area (Å²) in [5.41, 5.74) is 0. The third kappa shape index (κ3) is 9.98. The summed E-state index contributed by atoms with van der Waals surface area (Å²) in [4.78, 5) is 58.4. The van der Waals surface area contributed by atoms with Gasteiger partial charge in [0.05, 0.1) is 10.7 Å². The SMILES string of the molecule is CC(C)C(=O)OCOC(=O)SC[C@H](NC(=O)C(C)(C)SC(=O)C(C)C)C(=O)O. The number of carbonyl (C=O) groups is 5. The fourth-order valence-corrected chi connectivity index (χ4v) is 2.97. The molecule has 160 valence electrons. The lowest BCUT2D eigenvalue weighted by Gasteiger charge is -2.25. The molecule has 0 aromatic carbocycles. The van der Waals surface area contributed by atoms with Gasteiger partial charge in [0.25, 0.3) is 0 Å². The first kappa shape index (κ1) is 26.2. The lowest BCUT2D eigenvalue weighted by atomic mass is 10.2. The Morgan fingerprint density at radius 3 is 2.04 bits per heavy atom. The van der Waals surface area contributed by atoms with Gasteiger partial charge >= 0.3 is 17.2 Å². The third-order valence-electron chi connectivity index (χ3n) is 3.19. The molecule has 0 bridgehead atoms. The molecule has 0 aromatic heterocycles. The van der Waals surface area contributed by atoms with Gasteiger partial charge in [-0.05, 0) is 25.6 Å². The number of ether oxygens (including phenoxy) is 2. The van der Waals surface area contributed by atoms with E-state index in [9.17, 15) is 29.1 Å². The van der Waals surface area contributed by atoms with Gasteiger partial charge in [-0.25, -0.2) is 9.59 Å². The number of nitrogens with one attached hydrogen (secondary N) is 1. The Balaban J connectivity index is 4.61. The number of aliphatic carboxylic acids is 1. The molecule has 2 N–H and O–H groups in total. The maximum absolute atomic E-state index is 12.4. The van der Waals surface area contributed by atoms with Crippen LogP contribution < -0.4 is 5.32 Å². The van der Waals surface area contributed by atoms with Crippen molar-refractivity contribution >= 4 is 51.8 Å². The summed E-state index contributed by atoms with van der Waals surface area (Å²) >= 11 is 1.34. The Bertz CT molecular complexity index is 604. The second kappa shape index (κ2) is 11.9. The number of rotatable bonds is 10. The quantitative estimate of drug-likeness (QED) is 0.387. The monoisotopic (exact) mass is 437 g/mol. The van der Waals surface area contributed by atoms with Crippen molar-refractivity contribution in [3.8, 4) is 0 Å². The summed E-state index contributed by atoms with van der Waals surface area (Å²) in [5.74, 6) is -3.46. The minimum Gasteiger partial charge on any atom is -0.480 e. The van der Waals surface area contributed by atoms with Crippen LogP contribution in [0.5, 0.6) is 0 Å². The number of amides is 1. The fourth-order valence-electron chi connectivity index (χ4n) is 1.42. The van der Waals surface area contributed by atoms with Gasteiger partial charge in [-0.2, -0.15) is 0 Å². The smallest absolute Gasteiger partial charge is 0.370 e. The first-order valence-corrected chi connectivity index (χ1v) is 10.3. The Morgan fingerprint density at radius 1 is 1.00 bits per heavy atom. The standard InChI is InChI=1S/C17H27NO8S2/c1-9(2)13(21)25-8-26-16(24)27-7-11(12(19)20)18-15(23)17(5,6)28-14(22)10(3)4/h9-11H,7-8H2,1-6H3,(H,18,23)(H,19,20)/t11-/m0/s1. The number of carboxylic acids is 1. The molecule has 0 aliphatic rings. The van der Waals surface area contributed by atoms with E-state index in [4.69, 9.17) is 0 Å². The van der Waals surface area contributed by atoms with Gasteiger partial charge in [0, 0.05) is 11.7 Å². The molecule has 9 nitrogen and oxygen atoms in total. The molecule has 0 aromatic rings. The number of carbonyl (C=O) groups excluding carboxylic acids is 4. The van der Waals surface area contributed by atoms with E-state index >= 15 is 0 Å². The zero-order chi connectivity index (χ0) is 22.1. The Morgan fingerprint density at radius 2 is 1.57 bits per heavy atom. The summed E-state index contributed by atoms with van der Waals surface area (Å²) in [5, 5.41) is 10.5. The highest BCUT2D eigenvalue weighted by atomic mass is 32.2. The van der Waals surface area contributed by atoms with Crippen LogP contribution in [0.2, 0.25) is 0 Å². The maximum Gasteiger partial charge on any atom is 0.370 e. The van der Waals surface area contributed by atoms with Gasteiger partial charge in [0.15, 0.2) is 5.12 Å². The highest BCUT2D eigenvalue weighted by molar-refractivity contribution is 8.15.